The molecule has 0 spiro atoms. The summed E-state index contributed by atoms with van der Waals surface area (Å²) in [6.45, 7) is 5.96. The van der Waals surface area contributed by atoms with Crippen molar-refractivity contribution in [2.45, 2.75) is 67.6 Å². The van der Waals surface area contributed by atoms with Crippen LogP contribution in [0.2, 0.25) is 0 Å². The Bertz CT molecular complexity index is 2010. The van der Waals surface area contributed by atoms with Crippen molar-refractivity contribution in [1.82, 2.24) is 9.97 Å². The smallest absolute Gasteiger partial charge is 0.167 e. The first kappa shape index (κ1) is 44.0. The molecule has 56 heavy (non-hydrogen) atoms. The summed E-state index contributed by atoms with van der Waals surface area (Å²) in [5, 5.41) is 0. The summed E-state index contributed by atoms with van der Waals surface area (Å²) in [7, 11) is 0. The Morgan fingerprint density at radius 3 is 1.29 bits per heavy atom. The van der Waals surface area contributed by atoms with Gasteiger partial charge in [0.2, 0.25) is 0 Å². The van der Waals surface area contributed by atoms with Crippen molar-refractivity contribution in [3.05, 3.63) is 184 Å². The molecular formula is C48H50N2O3S3. The van der Waals surface area contributed by atoms with E-state index in [-0.39, 0.29) is 17.3 Å². The minimum absolute atomic E-state index is 0.173. The number of benzene rings is 4. The zero-order valence-corrected chi connectivity index (χ0v) is 35.5. The van der Waals surface area contributed by atoms with E-state index in [4.69, 9.17) is 0 Å². The van der Waals surface area contributed by atoms with Gasteiger partial charge in [-0.1, -0.05) is 78.4 Å². The minimum Gasteiger partial charge on any atom is -0.299 e. The van der Waals surface area contributed by atoms with Crippen LogP contribution < -0.4 is 0 Å². The van der Waals surface area contributed by atoms with E-state index in [0.717, 1.165) is 44.8 Å². The van der Waals surface area contributed by atoms with Gasteiger partial charge in [-0.2, -0.15) is 0 Å². The lowest BCUT2D eigenvalue weighted by Gasteiger charge is -2.03. The van der Waals surface area contributed by atoms with Gasteiger partial charge in [0, 0.05) is 76.1 Å². The van der Waals surface area contributed by atoms with Crippen molar-refractivity contribution in [3.8, 4) is 0 Å². The lowest BCUT2D eigenvalue weighted by molar-refractivity contribution is -0.118. The van der Waals surface area contributed by atoms with Gasteiger partial charge >= 0.3 is 0 Å². The van der Waals surface area contributed by atoms with Crippen LogP contribution in [0.25, 0.3) is 0 Å². The van der Waals surface area contributed by atoms with Gasteiger partial charge in [-0.05, 0) is 116 Å². The summed E-state index contributed by atoms with van der Waals surface area (Å²) in [6, 6.07) is 40.0. The number of thioether (sulfide) groups is 3. The second-order valence-corrected chi connectivity index (χ2v) is 16.1. The Hall–Kier alpha value is -4.76. The number of rotatable bonds is 14. The van der Waals surface area contributed by atoms with Crippen LogP contribution in [0.3, 0.4) is 0 Å². The molecule has 0 aliphatic carbocycles. The normalized spacial score (nSPS) is 10.4. The summed E-state index contributed by atoms with van der Waals surface area (Å²) in [5.74, 6) is 0.600. The number of hydrogen-bond acceptors (Lipinski definition) is 8. The third kappa shape index (κ3) is 15.8. The molecule has 2 heterocycles. The highest BCUT2D eigenvalue weighted by Crippen LogP contribution is 2.18. The maximum absolute atomic E-state index is 12.1. The van der Waals surface area contributed by atoms with Crippen LogP contribution in [0.4, 0.5) is 0 Å². The van der Waals surface area contributed by atoms with Gasteiger partial charge < -0.3 is 0 Å². The number of aromatic nitrogens is 2. The molecule has 0 N–H and O–H groups in total. The number of Topliss-reactive ketones (excluding diaryl/α,β-unsaturated/α-hetero) is 3. The summed E-state index contributed by atoms with van der Waals surface area (Å²) in [4.78, 5) is 48.2. The molecule has 0 bridgehead atoms. The van der Waals surface area contributed by atoms with E-state index < -0.39 is 0 Å². The van der Waals surface area contributed by atoms with Gasteiger partial charge in [0.25, 0.3) is 0 Å². The molecule has 0 aliphatic heterocycles. The van der Waals surface area contributed by atoms with Gasteiger partial charge in [0.15, 0.2) is 5.78 Å². The zero-order valence-electron chi connectivity index (χ0n) is 33.1. The van der Waals surface area contributed by atoms with Gasteiger partial charge in [-0.25, -0.2) is 0 Å². The number of aryl methyl sites for hydroxylation is 3. The molecule has 0 atom stereocenters. The van der Waals surface area contributed by atoms with Crippen LogP contribution in [0.5, 0.6) is 0 Å². The fourth-order valence-electron chi connectivity index (χ4n) is 5.47. The largest absolute Gasteiger partial charge is 0.299 e. The van der Waals surface area contributed by atoms with Crippen molar-refractivity contribution in [1.29, 1.82) is 0 Å². The average Bonchev–Trinajstić information content (AvgIpc) is 3.21. The molecular weight excluding hydrogens is 749 g/mol. The third-order valence-electron chi connectivity index (χ3n) is 8.74. The fraction of sp³-hybridized carbons (Fsp3) is 0.229. The Morgan fingerprint density at radius 2 is 0.857 bits per heavy atom. The molecule has 0 unspecified atom stereocenters. The monoisotopic (exact) mass is 798 g/mol. The van der Waals surface area contributed by atoms with E-state index in [0.29, 0.717) is 32.1 Å². The van der Waals surface area contributed by atoms with Crippen LogP contribution >= 0.6 is 35.3 Å². The molecule has 0 aliphatic rings. The number of hydrogen-bond donors (Lipinski definition) is 0. The maximum atomic E-state index is 12.1. The maximum Gasteiger partial charge on any atom is 0.167 e. The number of carbonyl (C=O) groups excluding carboxylic acids is 3. The van der Waals surface area contributed by atoms with Gasteiger partial charge in [0.05, 0.1) is 0 Å². The number of nitrogens with zero attached hydrogens (tertiary/aromatic N) is 2. The van der Waals surface area contributed by atoms with E-state index in [1.807, 2.05) is 124 Å². The second-order valence-electron chi connectivity index (χ2n) is 13.4. The van der Waals surface area contributed by atoms with Crippen LogP contribution in [0.15, 0.2) is 148 Å². The SMILES string of the molecule is CSc1ccc(CC(=O)Cc2ccc(C)cn2)cc1.CSc1ccc(CC(=O)Cc2ccc(C)nc2)cc1.CSc1ccc(CC(=O)c2ccc(C)cc2)cc1. The molecule has 2 aromatic heterocycles. The highest BCUT2D eigenvalue weighted by atomic mass is 32.2. The quantitative estimate of drug-likeness (QED) is 0.0796. The van der Waals surface area contributed by atoms with Crippen LogP contribution in [-0.4, -0.2) is 46.1 Å². The molecule has 0 fully saturated rings. The van der Waals surface area contributed by atoms with Crippen molar-refractivity contribution in [2.75, 3.05) is 18.8 Å². The number of carbonyl (C=O) groups is 3. The Kier molecular flexibility index (Phi) is 18.3. The standard InChI is InChI=1S/2C16H17NOS.C16H16OS/c1-12-3-6-14(17-11-12)10-15(18)9-13-4-7-16(19-2)8-5-13;1-12-3-4-14(11-17-12)10-15(18)9-13-5-7-16(19-2)8-6-13;1-12-3-7-14(8-4-12)16(17)11-13-5-9-15(18-2)10-6-13/h2*3-8,11H,9-10H2,1-2H3;3-10H,11H2,1-2H3. The highest BCUT2D eigenvalue weighted by Gasteiger charge is 2.09. The van der Waals surface area contributed by atoms with E-state index >= 15 is 0 Å². The number of ketones is 3. The lowest BCUT2D eigenvalue weighted by Crippen LogP contribution is -2.07. The van der Waals surface area contributed by atoms with Crippen molar-refractivity contribution in [2.24, 2.45) is 0 Å². The summed E-state index contributed by atoms with van der Waals surface area (Å²) >= 11 is 5.12. The molecule has 6 rings (SSSR count). The van der Waals surface area contributed by atoms with Crippen molar-refractivity contribution >= 4 is 52.6 Å². The topological polar surface area (TPSA) is 77.0 Å². The van der Waals surface area contributed by atoms with Gasteiger partial charge in [-0.3, -0.25) is 24.4 Å². The molecule has 288 valence electrons. The molecule has 6 aromatic rings. The van der Waals surface area contributed by atoms with Crippen molar-refractivity contribution < 1.29 is 14.4 Å². The predicted octanol–water partition coefficient (Wildman–Crippen LogP) is 11.1. The molecule has 0 saturated carbocycles. The first-order valence-corrected chi connectivity index (χ1v) is 22.1. The first-order chi connectivity index (χ1) is 27.0. The van der Waals surface area contributed by atoms with Crippen LogP contribution in [-0.2, 0) is 41.7 Å². The van der Waals surface area contributed by atoms with Crippen molar-refractivity contribution in [3.63, 3.8) is 0 Å². The Labute approximate surface area is 345 Å². The molecule has 4 aromatic carbocycles. The van der Waals surface area contributed by atoms with Crippen LogP contribution in [0.1, 0.15) is 55.1 Å². The number of pyridine rings is 2. The molecule has 0 saturated heterocycles. The second kappa shape index (κ2) is 23.3. The summed E-state index contributed by atoms with van der Waals surface area (Å²) in [5.41, 5.74) is 9.09. The molecule has 0 radical (unpaired) electrons. The van der Waals surface area contributed by atoms with E-state index in [1.165, 1.54) is 20.2 Å². The molecule has 0 amide bonds. The van der Waals surface area contributed by atoms with Gasteiger partial charge in [-0.15, -0.1) is 35.3 Å². The zero-order chi connectivity index (χ0) is 40.3. The fourth-order valence-corrected chi connectivity index (χ4v) is 6.70. The van der Waals surface area contributed by atoms with Gasteiger partial charge in [0.1, 0.15) is 11.6 Å². The average molecular weight is 799 g/mol. The van der Waals surface area contributed by atoms with E-state index in [1.54, 1.807) is 47.7 Å². The summed E-state index contributed by atoms with van der Waals surface area (Å²) in [6.07, 6.45) is 12.0. The minimum atomic E-state index is 0.173. The third-order valence-corrected chi connectivity index (χ3v) is 11.0. The first-order valence-electron chi connectivity index (χ1n) is 18.4. The highest BCUT2D eigenvalue weighted by molar-refractivity contribution is 7.99. The Morgan fingerprint density at radius 1 is 0.429 bits per heavy atom. The summed E-state index contributed by atoms with van der Waals surface area (Å²) < 4.78 is 0. The molecule has 8 heteroatoms. The van der Waals surface area contributed by atoms with Crippen LogP contribution in [0, 0.1) is 20.8 Å². The predicted molar refractivity (Wildman–Crippen MR) is 237 cm³/mol. The lowest BCUT2D eigenvalue weighted by atomic mass is 10.0. The van der Waals surface area contributed by atoms with E-state index in [9.17, 15) is 14.4 Å². The Balaban J connectivity index is 0.000000187. The molecule has 5 nitrogen and oxygen atoms in total. The van der Waals surface area contributed by atoms with E-state index in [2.05, 4.69) is 46.4 Å².